The molecular formula is C19H31NO6. The van der Waals surface area contributed by atoms with Gasteiger partial charge in [0.15, 0.2) is 0 Å². The van der Waals surface area contributed by atoms with Crippen molar-refractivity contribution in [2.24, 2.45) is 11.1 Å². The number of aliphatic carboxylic acids is 1. The summed E-state index contributed by atoms with van der Waals surface area (Å²) in [6.07, 6.45) is 7.57. The first-order valence-corrected chi connectivity index (χ1v) is 9.29. The van der Waals surface area contributed by atoms with Crippen molar-refractivity contribution < 1.29 is 29.4 Å². The molecule has 7 heteroatoms. The van der Waals surface area contributed by atoms with Gasteiger partial charge in [-0.2, -0.15) is 0 Å². The van der Waals surface area contributed by atoms with E-state index in [-0.39, 0.29) is 18.3 Å². The zero-order valence-electron chi connectivity index (χ0n) is 15.8. The van der Waals surface area contributed by atoms with Crippen LogP contribution in [0.15, 0.2) is 16.8 Å². The average Bonchev–Trinajstić information content (AvgIpc) is 2.93. The second-order valence-corrected chi connectivity index (χ2v) is 6.82. The minimum Gasteiger partial charge on any atom is -0.481 e. The first-order valence-electron chi connectivity index (χ1n) is 9.29. The van der Waals surface area contributed by atoms with Gasteiger partial charge in [-0.25, -0.2) is 0 Å². The highest BCUT2D eigenvalue weighted by molar-refractivity contribution is 6.02. The lowest BCUT2D eigenvalue weighted by Crippen LogP contribution is -2.08. The number of methoxy groups -OCH3 is 1. The van der Waals surface area contributed by atoms with Gasteiger partial charge in [-0.15, -0.1) is 0 Å². The number of hydrogen-bond acceptors (Lipinski definition) is 6. The van der Waals surface area contributed by atoms with Crippen LogP contribution in [0.3, 0.4) is 0 Å². The SMILES string of the molecule is COC(=O)CCCCCCC1=CC(O)CC1=NOCCC(C)CC(=O)O. The average molecular weight is 369 g/mol. The second-order valence-electron chi connectivity index (χ2n) is 6.82. The molecule has 0 aromatic heterocycles. The van der Waals surface area contributed by atoms with Gasteiger partial charge >= 0.3 is 11.9 Å². The van der Waals surface area contributed by atoms with Gasteiger partial charge in [-0.1, -0.05) is 31.0 Å². The Labute approximate surface area is 155 Å². The number of carbonyl (C=O) groups is 2. The van der Waals surface area contributed by atoms with Gasteiger partial charge in [0.25, 0.3) is 0 Å². The van der Waals surface area contributed by atoms with Crippen LogP contribution in [-0.4, -0.2) is 47.7 Å². The van der Waals surface area contributed by atoms with Crippen LogP contribution >= 0.6 is 0 Å². The molecule has 0 radical (unpaired) electrons. The van der Waals surface area contributed by atoms with Gasteiger partial charge < -0.3 is 19.8 Å². The molecule has 0 amide bonds. The summed E-state index contributed by atoms with van der Waals surface area (Å²) in [4.78, 5) is 27.0. The summed E-state index contributed by atoms with van der Waals surface area (Å²) in [5.41, 5.74) is 1.79. The van der Waals surface area contributed by atoms with Crippen molar-refractivity contribution in [3.05, 3.63) is 11.6 Å². The fourth-order valence-electron chi connectivity index (χ4n) is 2.86. The first-order chi connectivity index (χ1) is 12.4. The number of ether oxygens (including phenoxy) is 1. The predicted octanol–water partition coefficient (Wildman–Crippen LogP) is 3.06. The Morgan fingerprint density at radius 1 is 1.31 bits per heavy atom. The smallest absolute Gasteiger partial charge is 0.305 e. The Morgan fingerprint density at radius 2 is 2.04 bits per heavy atom. The molecule has 148 valence electrons. The maximum atomic E-state index is 11.0. The zero-order valence-corrected chi connectivity index (χ0v) is 15.8. The molecule has 0 aromatic rings. The van der Waals surface area contributed by atoms with Gasteiger partial charge in [0.05, 0.1) is 18.9 Å². The highest BCUT2D eigenvalue weighted by Gasteiger charge is 2.20. The van der Waals surface area contributed by atoms with Crippen molar-refractivity contribution in [3.8, 4) is 0 Å². The molecule has 0 aliphatic heterocycles. The number of carboxylic acids is 1. The van der Waals surface area contributed by atoms with E-state index in [9.17, 15) is 14.7 Å². The maximum absolute atomic E-state index is 11.0. The summed E-state index contributed by atoms with van der Waals surface area (Å²) in [6, 6.07) is 0. The maximum Gasteiger partial charge on any atom is 0.305 e. The summed E-state index contributed by atoms with van der Waals surface area (Å²) in [5, 5.41) is 22.7. The Kier molecular flexibility index (Phi) is 10.6. The molecule has 1 rings (SSSR count). The predicted molar refractivity (Wildman–Crippen MR) is 97.8 cm³/mol. The molecule has 0 saturated carbocycles. The van der Waals surface area contributed by atoms with E-state index in [0.717, 1.165) is 43.4 Å². The third-order valence-electron chi connectivity index (χ3n) is 4.37. The summed E-state index contributed by atoms with van der Waals surface area (Å²) in [5.74, 6) is -0.933. The lowest BCUT2D eigenvalue weighted by molar-refractivity contribution is -0.141. The zero-order chi connectivity index (χ0) is 19.4. The molecule has 0 spiro atoms. The number of carboxylic acid groups (broad SMARTS) is 1. The molecule has 0 heterocycles. The van der Waals surface area contributed by atoms with Crippen LogP contribution in [0.25, 0.3) is 0 Å². The number of esters is 1. The van der Waals surface area contributed by atoms with Gasteiger partial charge in [-0.3, -0.25) is 9.59 Å². The first kappa shape index (κ1) is 22.2. The van der Waals surface area contributed by atoms with Crippen LogP contribution in [0, 0.1) is 5.92 Å². The molecule has 2 atom stereocenters. The van der Waals surface area contributed by atoms with Gasteiger partial charge in [0.2, 0.25) is 0 Å². The molecular weight excluding hydrogens is 338 g/mol. The molecule has 0 saturated heterocycles. The quantitative estimate of drug-likeness (QED) is 0.294. The van der Waals surface area contributed by atoms with Gasteiger partial charge in [-0.05, 0) is 37.2 Å². The fourth-order valence-corrected chi connectivity index (χ4v) is 2.86. The molecule has 2 unspecified atom stereocenters. The van der Waals surface area contributed by atoms with Crippen LogP contribution in [0.2, 0.25) is 0 Å². The van der Waals surface area contributed by atoms with E-state index < -0.39 is 12.1 Å². The largest absolute Gasteiger partial charge is 0.481 e. The summed E-state index contributed by atoms with van der Waals surface area (Å²) < 4.78 is 4.61. The number of oxime groups is 1. The number of allylic oxidation sites excluding steroid dienone is 1. The Hall–Kier alpha value is -1.89. The third-order valence-corrected chi connectivity index (χ3v) is 4.37. The normalized spacial score (nSPS) is 19.3. The van der Waals surface area contributed by atoms with Crippen LogP contribution in [0.1, 0.15) is 64.7 Å². The van der Waals surface area contributed by atoms with E-state index in [2.05, 4.69) is 9.89 Å². The Morgan fingerprint density at radius 3 is 2.73 bits per heavy atom. The van der Waals surface area contributed by atoms with E-state index in [0.29, 0.717) is 25.9 Å². The van der Waals surface area contributed by atoms with Crippen molar-refractivity contribution >= 4 is 17.7 Å². The van der Waals surface area contributed by atoms with E-state index in [4.69, 9.17) is 9.94 Å². The van der Waals surface area contributed by atoms with Crippen molar-refractivity contribution in [2.45, 2.75) is 70.8 Å². The Balaban J connectivity index is 2.25. The number of rotatable bonds is 13. The topological polar surface area (TPSA) is 105 Å². The van der Waals surface area contributed by atoms with E-state index in [1.165, 1.54) is 7.11 Å². The molecule has 1 aliphatic rings. The number of aliphatic hydroxyl groups is 1. The number of aliphatic hydroxyl groups excluding tert-OH is 1. The molecule has 26 heavy (non-hydrogen) atoms. The van der Waals surface area contributed by atoms with Gasteiger partial charge in [0.1, 0.15) is 6.61 Å². The highest BCUT2D eigenvalue weighted by Crippen LogP contribution is 2.22. The molecule has 0 aromatic carbocycles. The molecule has 2 N–H and O–H groups in total. The molecule has 0 bridgehead atoms. The van der Waals surface area contributed by atoms with Crippen LogP contribution in [-0.2, 0) is 19.2 Å². The molecule has 7 nitrogen and oxygen atoms in total. The van der Waals surface area contributed by atoms with Gasteiger partial charge in [0, 0.05) is 19.3 Å². The van der Waals surface area contributed by atoms with Crippen molar-refractivity contribution in [3.63, 3.8) is 0 Å². The van der Waals surface area contributed by atoms with Crippen LogP contribution in [0.5, 0.6) is 0 Å². The van der Waals surface area contributed by atoms with E-state index >= 15 is 0 Å². The highest BCUT2D eigenvalue weighted by atomic mass is 16.6. The fraction of sp³-hybridized carbons (Fsp3) is 0.737. The van der Waals surface area contributed by atoms with Crippen molar-refractivity contribution in [2.75, 3.05) is 13.7 Å². The minimum absolute atomic E-state index is 0.0434. The summed E-state index contributed by atoms with van der Waals surface area (Å²) >= 11 is 0. The number of unbranched alkanes of at least 4 members (excludes halogenated alkanes) is 3. The number of carbonyl (C=O) groups excluding carboxylic acids is 1. The van der Waals surface area contributed by atoms with E-state index in [1.807, 2.05) is 13.0 Å². The minimum atomic E-state index is -0.806. The summed E-state index contributed by atoms with van der Waals surface area (Å²) in [6.45, 7) is 2.24. The molecule has 0 fully saturated rings. The molecule has 1 aliphatic carbocycles. The standard InChI is InChI=1S/C19H31NO6/c1-14(11-18(22)23)9-10-26-20-17-13-16(21)12-15(17)7-5-3-4-6-8-19(24)25-2/h12,14,16,21H,3-11,13H2,1-2H3,(H,22,23). The lowest BCUT2D eigenvalue weighted by atomic mass is 10.0. The van der Waals surface area contributed by atoms with Crippen molar-refractivity contribution in [1.82, 2.24) is 0 Å². The monoisotopic (exact) mass is 369 g/mol. The lowest BCUT2D eigenvalue weighted by Gasteiger charge is -2.08. The van der Waals surface area contributed by atoms with E-state index in [1.54, 1.807) is 0 Å². The van der Waals surface area contributed by atoms with Crippen LogP contribution < -0.4 is 0 Å². The Bertz CT molecular complexity index is 514. The number of hydrogen-bond donors (Lipinski definition) is 2. The van der Waals surface area contributed by atoms with Crippen molar-refractivity contribution in [1.29, 1.82) is 0 Å². The third kappa shape index (κ3) is 9.56. The van der Waals surface area contributed by atoms with Crippen LogP contribution in [0.4, 0.5) is 0 Å². The number of nitrogens with zero attached hydrogens (tertiary/aromatic N) is 1. The summed E-state index contributed by atoms with van der Waals surface area (Å²) in [7, 11) is 1.40. The second kappa shape index (κ2) is 12.5.